The fraction of sp³-hybridized carbons (Fsp3) is 0.647. The molecule has 0 amide bonds. The minimum atomic E-state index is -1.23. The van der Waals surface area contributed by atoms with E-state index < -0.39 is 5.67 Å². The number of Topliss-reactive ketones (excluding diaryl/α,β-unsaturated/α-hetero) is 1. The van der Waals surface area contributed by atoms with E-state index in [1.807, 2.05) is 6.92 Å². The van der Waals surface area contributed by atoms with Crippen molar-refractivity contribution in [1.29, 1.82) is 0 Å². The zero-order valence-corrected chi connectivity index (χ0v) is 14.7. The molecule has 0 saturated heterocycles. The number of pyridine rings is 1. The van der Waals surface area contributed by atoms with Crippen molar-refractivity contribution >= 4 is 17.4 Å². The third-order valence-electron chi connectivity index (χ3n) is 3.95. The van der Waals surface area contributed by atoms with Crippen molar-refractivity contribution in [3.05, 3.63) is 28.5 Å². The molecule has 0 radical (unpaired) electrons. The average molecular weight is 329 g/mol. The van der Waals surface area contributed by atoms with Crippen LogP contribution in [0.15, 0.2) is 12.4 Å². The highest BCUT2D eigenvalue weighted by molar-refractivity contribution is 6.34. The summed E-state index contributed by atoms with van der Waals surface area (Å²) in [4.78, 5) is 18.1. The summed E-state index contributed by atoms with van der Waals surface area (Å²) in [6, 6.07) is 0. The first-order valence-corrected chi connectivity index (χ1v) is 8.21. The Labute approximate surface area is 137 Å². The third-order valence-corrected chi connectivity index (χ3v) is 4.23. The van der Waals surface area contributed by atoms with Gasteiger partial charge in [0.2, 0.25) is 0 Å². The van der Waals surface area contributed by atoms with Gasteiger partial charge >= 0.3 is 0 Å². The number of likely N-dealkylation sites (N-methyl/N-ethyl adjacent to an activating group) is 1. The van der Waals surface area contributed by atoms with Crippen LogP contribution < -0.4 is 0 Å². The van der Waals surface area contributed by atoms with Crippen molar-refractivity contribution in [2.45, 2.75) is 52.1 Å². The summed E-state index contributed by atoms with van der Waals surface area (Å²) in [6.07, 6.45) is 5.91. The van der Waals surface area contributed by atoms with Crippen LogP contribution in [0.2, 0.25) is 5.02 Å². The summed E-state index contributed by atoms with van der Waals surface area (Å²) in [6.45, 7) is 6.13. The predicted octanol–water partition coefficient (Wildman–Crippen LogP) is 4.47. The minimum absolute atomic E-state index is 0.0960. The van der Waals surface area contributed by atoms with Crippen molar-refractivity contribution in [2.75, 3.05) is 20.1 Å². The molecule has 0 fully saturated rings. The van der Waals surface area contributed by atoms with Crippen LogP contribution in [-0.2, 0) is 0 Å². The van der Waals surface area contributed by atoms with Gasteiger partial charge in [-0.1, -0.05) is 38.3 Å². The van der Waals surface area contributed by atoms with Gasteiger partial charge in [-0.2, -0.15) is 0 Å². The van der Waals surface area contributed by atoms with Crippen LogP contribution >= 0.6 is 11.6 Å². The number of carbonyl (C=O) groups is 1. The maximum Gasteiger partial charge on any atom is 0.178 e. The van der Waals surface area contributed by atoms with Crippen LogP contribution in [0.25, 0.3) is 0 Å². The lowest BCUT2D eigenvalue weighted by Crippen LogP contribution is -2.40. The van der Waals surface area contributed by atoms with E-state index in [4.69, 9.17) is 11.6 Å². The van der Waals surface area contributed by atoms with E-state index in [0.717, 1.165) is 18.4 Å². The lowest BCUT2D eigenvalue weighted by Gasteiger charge is -2.29. The normalized spacial score (nSPS) is 14.1. The minimum Gasteiger partial charge on any atom is -0.296 e. The van der Waals surface area contributed by atoms with E-state index in [2.05, 4.69) is 11.9 Å². The zero-order chi connectivity index (χ0) is 16.8. The Balaban J connectivity index is 2.71. The summed E-state index contributed by atoms with van der Waals surface area (Å²) < 4.78 is 14.8. The van der Waals surface area contributed by atoms with Crippen LogP contribution in [-0.4, -0.2) is 41.5 Å². The largest absolute Gasteiger partial charge is 0.296 e. The molecule has 1 unspecified atom stereocenters. The van der Waals surface area contributed by atoms with E-state index in [1.54, 1.807) is 25.1 Å². The van der Waals surface area contributed by atoms with Gasteiger partial charge in [-0.3, -0.25) is 14.7 Å². The summed E-state index contributed by atoms with van der Waals surface area (Å²) >= 11 is 6.06. The van der Waals surface area contributed by atoms with E-state index in [1.165, 1.54) is 6.20 Å². The lowest BCUT2D eigenvalue weighted by molar-refractivity contribution is 0.0763. The molecule has 0 bridgehead atoms. The third kappa shape index (κ3) is 5.33. The topological polar surface area (TPSA) is 33.2 Å². The molecule has 0 aromatic carbocycles. The average Bonchev–Trinajstić information content (AvgIpc) is 2.44. The molecule has 124 valence electrons. The summed E-state index contributed by atoms with van der Waals surface area (Å²) in [5.41, 5.74) is -0.000748. The summed E-state index contributed by atoms with van der Waals surface area (Å²) in [5, 5.41) is 0.353. The molecule has 1 atom stereocenters. The molecule has 0 aliphatic rings. The van der Waals surface area contributed by atoms with Crippen molar-refractivity contribution in [1.82, 2.24) is 9.88 Å². The molecule has 1 heterocycles. The molecule has 0 N–H and O–H groups in total. The van der Waals surface area contributed by atoms with Gasteiger partial charge in [0.1, 0.15) is 5.67 Å². The highest BCUT2D eigenvalue weighted by atomic mass is 35.5. The van der Waals surface area contributed by atoms with Crippen LogP contribution in [0.4, 0.5) is 4.39 Å². The number of hydrogen-bond acceptors (Lipinski definition) is 3. The van der Waals surface area contributed by atoms with Crippen LogP contribution in [0.1, 0.15) is 55.5 Å². The first kappa shape index (κ1) is 19.0. The second-order valence-corrected chi connectivity index (χ2v) is 6.42. The Bertz CT molecular complexity index is 489. The van der Waals surface area contributed by atoms with Gasteiger partial charge in [-0.05, 0) is 32.4 Å². The lowest BCUT2D eigenvalue weighted by atomic mass is 9.95. The van der Waals surface area contributed by atoms with Gasteiger partial charge in [0.05, 0.1) is 11.6 Å². The van der Waals surface area contributed by atoms with Gasteiger partial charge in [0.25, 0.3) is 0 Å². The monoisotopic (exact) mass is 328 g/mol. The summed E-state index contributed by atoms with van der Waals surface area (Å²) in [7, 11) is 1.78. The molecule has 22 heavy (non-hydrogen) atoms. The molecular weight excluding hydrogens is 303 g/mol. The maximum atomic E-state index is 14.8. The van der Waals surface area contributed by atoms with Crippen molar-refractivity contribution in [3.8, 4) is 0 Å². The molecule has 0 aliphatic carbocycles. The van der Waals surface area contributed by atoms with E-state index in [0.29, 0.717) is 23.4 Å². The molecule has 1 aromatic heterocycles. The Morgan fingerprint density at radius 3 is 2.64 bits per heavy atom. The highest BCUT2D eigenvalue weighted by Gasteiger charge is 2.29. The summed E-state index contributed by atoms with van der Waals surface area (Å²) in [5.74, 6) is -0.0960. The molecule has 0 saturated carbocycles. The molecule has 0 spiro atoms. The second kappa shape index (κ2) is 8.59. The number of rotatable bonds is 9. The predicted molar refractivity (Wildman–Crippen MR) is 89.5 cm³/mol. The van der Waals surface area contributed by atoms with Crippen LogP contribution in [0.3, 0.4) is 0 Å². The molecule has 3 nitrogen and oxygen atoms in total. The van der Waals surface area contributed by atoms with Crippen LogP contribution in [0, 0.1) is 6.92 Å². The number of alkyl halides is 1. The number of nitrogens with zero attached hydrogens (tertiary/aromatic N) is 2. The van der Waals surface area contributed by atoms with Crippen molar-refractivity contribution in [2.24, 2.45) is 0 Å². The van der Waals surface area contributed by atoms with Crippen molar-refractivity contribution < 1.29 is 9.18 Å². The Morgan fingerprint density at radius 1 is 1.41 bits per heavy atom. The quantitative estimate of drug-likeness (QED) is 0.627. The molecule has 0 aliphatic heterocycles. The number of ketones is 1. The SMILES string of the molecule is CCCCC(F)(CC)CN(C)CC(=O)c1c(C)cncc1Cl. The Kier molecular flexibility index (Phi) is 7.43. The molecule has 1 rings (SSSR count). The number of hydrogen-bond donors (Lipinski definition) is 0. The van der Waals surface area contributed by atoms with Gasteiger partial charge in [-0.25, -0.2) is 4.39 Å². The van der Waals surface area contributed by atoms with E-state index in [9.17, 15) is 9.18 Å². The van der Waals surface area contributed by atoms with Crippen LogP contribution in [0.5, 0.6) is 0 Å². The number of unbranched alkanes of at least 4 members (excludes halogenated alkanes) is 1. The highest BCUT2D eigenvalue weighted by Crippen LogP contribution is 2.25. The second-order valence-electron chi connectivity index (χ2n) is 6.02. The molecule has 5 heteroatoms. The Morgan fingerprint density at radius 2 is 2.09 bits per heavy atom. The molecular formula is C17H26ClFN2O. The number of aromatic nitrogens is 1. The first-order chi connectivity index (χ1) is 10.3. The smallest absolute Gasteiger partial charge is 0.178 e. The van der Waals surface area contributed by atoms with Gasteiger partial charge < -0.3 is 0 Å². The van der Waals surface area contributed by atoms with Crippen molar-refractivity contribution in [3.63, 3.8) is 0 Å². The standard InChI is InChI=1S/C17H26ClFN2O/c1-5-7-8-17(19,6-2)12-21(4)11-15(22)16-13(3)9-20-10-14(16)18/h9-10H,5-8,11-12H2,1-4H3. The Hall–Kier alpha value is -1.00. The van der Waals surface area contributed by atoms with Gasteiger partial charge in [0, 0.05) is 24.5 Å². The number of halogens is 2. The number of aryl methyl sites for hydroxylation is 1. The fourth-order valence-corrected chi connectivity index (χ4v) is 2.92. The van der Waals surface area contributed by atoms with E-state index in [-0.39, 0.29) is 18.9 Å². The first-order valence-electron chi connectivity index (χ1n) is 7.83. The molecule has 1 aromatic rings. The van der Waals surface area contributed by atoms with E-state index >= 15 is 0 Å². The fourth-order valence-electron chi connectivity index (χ4n) is 2.61. The van der Waals surface area contributed by atoms with Gasteiger partial charge in [-0.15, -0.1) is 0 Å². The zero-order valence-electron chi connectivity index (χ0n) is 14.0. The van der Waals surface area contributed by atoms with Gasteiger partial charge in [0.15, 0.2) is 5.78 Å². The number of carbonyl (C=O) groups excluding carboxylic acids is 1. The maximum absolute atomic E-state index is 14.8.